The van der Waals surface area contributed by atoms with E-state index in [0.717, 1.165) is 44.8 Å². The van der Waals surface area contributed by atoms with Gasteiger partial charge in [-0.3, -0.25) is 4.90 Å². The Kier molecular flexibility index (Phi) is 6.07. The molecule has 0 aromatic carbocycles. The molecule has 2 aliphatic heterocycles. The molecule has 0 aliphatic carbocycles. The molecule has 2 atom stereocenters. The molecule has 2 fully saturated rings. The smallest absolute Gasteiger partial charge is 0.0594 e. The molecular weight excluding hydrogens is 238 g/mol. The van der Waals surface area contributed by atoms with Crippen molar-refractivity contribution in [2.45, 2.75) is 39.3 Å². The minimum absolute atomic E-state index is 0.599. The van der Waals surface area contributed by atoms with Gasteiger partial charge in [-0.25, -0.2) is 0 Å². The van der Waals surface area contributed by atoms with Gasteiger partial charge in [0.2, 0.25) is 0 Å². The third-order valence-corrected chi connectivity index (χ3v) is 4.25. The van der Waals surface area contributed by atoms with Crippen molar-refractivity contribution in [1.29, 1.82) is 0 Å². The van der Waals surface area contributed by atoms with Crippen LogP contribution in [0.25, 0.3) is 0 Å². The summed E-state index contributed by atoms with van der Waals surface area (Å²) in [4.78, 5) is 5.27. The van der Waals surface area contributed by atoms with E-state index in [-0.39, 0.29) is 0 Å². The molecule has 0 bridgehead atoms. The van der Waals surface area contributed by atoms with E-state index in [1.807, 2.05) is 0 Å². The molecule has 2 rings (SSSR count). The lowest BCUT2D eigenvalue weighted by atomic mass is 10.1. The van der Waals surface area contributed by atoms with Gasteiger partial charge in [-0.2, -0.15) is 0 Å². The lowest BCUT2D eigenvalue weighted by molar-refractivity contribution is 0.0183. The maximum absolute atomic E-state index is 5.44. The van der Waals surface area contributed by atoms with Gasteiger partial charge in [0.05, 0.1) is 13.2 Å². The molecule has 0 aromatic heterocycles. The highest BCUT2D eigenvalue weighted by molar-refractivity contribution is 4.85. The first-order valence-corrected chi connectivity index (χ1v) is 7.92. The predicted molar refractivity (Wildman–Crippen MR) is 79.5 cm³/mol. The second-order valence-electron chi connectivity index (χ2n) is 6.52. The van der Waals surface area contributed by atoms with Crippen molar-refractivity contribution in [3.8, 4) is 0 Å². The number of nitrogens with zero attached hydrogens (tertiary/aromatic N) is 2. The Labute approximate surface area is 118 Å². The highest BCUT2D eigenvalue weighted by Crippen LogP contribution is 2.17. The maximum atomic E-state index is 5.44. The number of morpholine rings is 1. The van der Waals surface area contributed by atoms with Crippen molar-refractivity contribution >= 4 is 0 Å². The van der Waals surface area contributed by atoms with E-state index in [4.69, 9.17) is 4.74 Å². The fourth-order valence-corrected chi connectivity index (χ4v) is 3.16. The van der Waals surface area contributed by atoms with Gasteiger partial charge in [0, 0.05) is 38.3 Å². The van der Waals surface area contributed by atoms with E-state index in [9.17, 15) is 0 Å². The fraction of sp³-hybridized carbons (Fsp3) is 1.00. The molecule has 0 aromatic rings. The number of hydrogen-bond donors (Lipinski definition) is 1. The molecule has 0 amide bonds. The maximum Gasteiger partial charge on any atom is 0.0594 e. The first kappa shape index (κ1) is 15.2. The highest BCUT2D eigenvalue weighted by atomic mass is 16.5. The molecule has 112 valence electrons. The van der Waals surface area contributed by atoms with Gasteiger partial charge < -0.3 is 15.0 Å². The van der Waals surface area contributed by atoms with Gasteiger partial charge in [-0.05, 0) is 25.4 Å². The molecular formula is C15H31N3O. The van der Waals surface area contributed by atoms with Crippen LogP contribution in [0.4, 0.5) is 0 Å². The van der Waals surface area contributed by atoms with Crippen LogP contribution in [-0.2, 0) is 4.74 Å². The third kappa shape index (κ3) is 5.03. The monoisotopic (exact) mass is 269 g/mol. The van der Waals surface area contributed by atoms with E-state index in [0.29, 0.717) is 6.04 Å². The summed E-state index contributed by atoms with van der Waals surface area (Å²) in [7, 11) is 0. The zero-order chi connectivity index (χ0) is 13.7. The quantitative estimate of drug-likeness (QED) is 0.779. The van der Waals surface area contributed by atoms with Crippen molar-refractivity contribution in [1.82, 2.24) is 15.1 Å². The standard InChI is InChI=1S/C15H31N3O/c1-13(2)16-10-14(3)11-17-5-4-15(12-17)18-6-8-19-9-7-18/h13-16H,4-12H2,1-3H3. The number of ether oxygens (including phenoxy) is 1. The third-order valence-electron chi connectivity index (χ3n) is 4.25. The van der Waals surface area contributed by atoms with Gasteiger partial charge in [-0.15, -0.1) is 0 Å². The van der Waals surface area contributed by atoms with Gasteiger partial charge in [0.1, 0.15) is 0 Å². The van der Waals surface area contributed by atoms with E-state index >= 15 is 0 Å². The molecule has 19 heavy (non-hydrogen) atoms. The van der Waals surface area contributed by atoms with Crippen LogP contribution in [-0.4, -0.2) is 74.4 Å². The van der Waals surface area contributed by atoms with Crippen molar-refractivity contribution in [3.63, 3.8) is 0 Å². The van der Waals surface area contributed by atoms with E-state index in [2.05, 4.69) is 35.9 Å². The van der Waals surface area contributed by atoms with Crippen LogP contribution in [0.1, 0.15) is 27.2 Å². The van der Waals surface area contributed by atoms with Crippen LogP contribution in [0.15, 0.2) is 0 Å². The molecule has 2 heterocycles. The minimum atomic E-state index is 0.599. The number of nitrogens with one attached hydrogen (secondary N) is 1. The Morgan fingerprint density at radius 1 is 1.16 bits per heavy atom. The molecule has 4 heteroatoms. The zero-order valence-electron chi connectivity index (χ0n) is 12.9. The van der Waals surface area contributed by atoms with Crippen molar-refractivity contribution in [2.24, 2.45) is 5.92 Å². The Morgan fingerprint density at radius 3 is 2.58 bits per heavy atom. The van der Waals surface area contributed by atoms with Crippen LogP contribution in [0.2, 0.25) is 0 Å². The van der Waals surface area contributed by atoms with Crippen LogP contribution in [0.3, 0.4) is 0 Å². The van der Waals surface area contributed by atoms with Crippen molar-refractivity contribution in [2.75, 3.05) is 52.5 Å². The van der Waals surface area contributed by atoms with Gasteiger partial charge in [0.15, 0.2) is 0 Å². The number of rotatable bonds is 6. The van der Waals surface area contributed by atoms with Gasteiger partial charge >= 0.3 is 0 Å². The lowest BCUT2D eigenvalue weighted by Crippen LogP contribution is -2.45. The molecule has 2 saturated heterocycles. The Balaban J connectivity index is 1.66. The summed E-state index contributed by atoms with van der Waals surface area (Å²) in [6, 6.07) is 1.37. The Hall–Kier alpha value is -0.160. The molecule has 2 unspecified atom stereocenters. The number of hydrogen-bond acceptors (Lipinski definition) is 4. The van der Waals surface area contributed by atoms with Crippen LogP contribution < -0.4 is 5.32 Å². The second-order valence-corrected chi connectivity index (χ2v) is 6.52. The summed E-state index contributed by atoms with van der Waals surface area (Å²) in [5, 5.41) is 3.54. The average molecular weight is 269 g/mol. The number of likely N-dealkylation sites (tertiary alicyclic amines) is 1. The first-order valence-electron chi connectivity index (χ1n) is 7.92. The first-order chi connectivity index (χ1) is 9.15. The van der Waals surface area contributed by atoms with E-state index in [1.54, 1.807) is 0 Å². The predicted octanol–water partition coefficient (Wildman–Crippen LogP) is 1.03. The van der Waals surface area contributed by atoms with Crippen LogP contribution >= 0.6 is 0 Å². The molecule has 0 saturated carbocycles. The molecule has 0 spiro atoms. The summed E-state index contributed by atoms with van der Waals surface area (Å²) in [6.45, 7) is 15.8. The molecule has 1 N–H and O–H groups in total. The lowest BCUT2D eigenvalue weighted by Gasteiger charge is -2.32. The molecule has 2 aliphatic rings. The average Bonchev–Trinajstić information content (AvgIpc) is 2.86. The summed E-state index contributed by atoms with van der Waals surface area (Å²) in [6.07, 6.45) is 1.34. The summed E-state index contributed by atoms with van der Waals surface area (Å²) in [5.41, 5.74) is 0. The zero-order valence-corrected chi connectivity index (χ0v) is 12.9. The topological polar surface area (TPSA) is 27.7 Å². The van der Waals surface area contributed by atoms with Crippen LogP contribution in [0, 0.1) is 5.92 Å². The Morgan fingerprint density at radius 2 is 1.89 bits per heavy atom. The highest BCUT2D eigenvalue weighted by Gasteiger charge is 2.29. The molecule has 0 radical (unpaired) electrons. The van der Waals surface area contributed by atoms with Crippen molar-refractivity contribution in [3.05, 3.63) is 0 Å². The summed E-state index contributed by atoms with van der Waals surface area (Å²) >= 11 is 0. The Bertz CT molecular complexity index is 254. The second kappa shape index (κ2) is 7.58. The van der Waals surface area contributed by atoms with Gasteiger partial charge in [-0.1, -0.05) is 20.8 Å². The minimum Gasteiger partial charge on any atom is -0.379 e. The van der Waals surface area contributed by atoms with Crippen LogP contribution in [0.5, 0.6) is 0 Å². The van der Waals surface area contributed by atoms with E-state index in [1.165, 1.54) is 26.1 Å². The summed E-state index contributed by atoms with van der Waals surface area (Å²) < 4.78 is 5.44. The van der Waals surface area contributed by atoms with Gasteiger partial charge in [0.25, 0.3) is 0 Å². The van der Waals surface area contributed by atoms with E-state index < -0.39 is 0 Å². The normalized spacial score (nSPS) is 28.1. The van der Waals surface area contributed by atoms with Crippen molar-refractivity contribution < 1.29 is 4.74 Å². The largest absolute Gasteiger partial charge is 0.379 e. The molecule has 4 nitrogen and oxygen atoms in total. The summed E-state index contributed by atoms with van der Waals surface area (Å²) in [5.74, 6) is 0.742. The SMILES string of the molecule is CC(CNC(C)C)CN1CCC(N2CCOCC2)C1. The fourth-order valence-electron chi connectivity index (χ4n) is 3.16.